The Morgan fingerprint density at radius 1 is 1.27 bits per heavy atom. The monoisotopic (exact) mass is 349 g/mol. The number of carbonyl (C=O) groups is 1. The summed E-state index contributed by atoms with van der Waals surface area (Å²) in [6.07, 6.45) is 6.52. The van der Waals surface area contributed by atoms with Crippen LogP contribution in [0.2, 0.25) is 0 Å². The van der Waals surface area contributed by atoms with E-state index < -0.39 is 12.0 Å². The van der Waals surface area contributed by atoms with Crippen LogP contribution in [0.25, 0.3) is 27.8 Å². The quantitative estimate of drug-likeness (QED) is 0.579. The van der Waals surface area contributed by atoms with Gasteiger partial charge >= 0.3 is 5.97 Å². The topological polar surface area (TPSA) is 113 Å². The van der Waals surface area contributed by atoms with Gasteiger partial charge < -0.3 is 10.0 Å². The van der Waals surface area contributed by atoms with Crippen LogP contribution in [0.4, 0.5) is 5.95 Å². The van der Waals surface area contributed by atoms with Crippen molar-refractivity contribution in [2.45, 2.75) is 18.9 Å². The van der Waals surface area contributed by atoms with Crippen LogP contribution in [0, 0.1) is 0 Å². The highest BCUT2D eigenvalue weighted by Crippen LogP contribution is 2.25. The second kappa shape index (κ2) is 5.51. The molecule has 9 nitrogen and oxygen atoms in total. The van der Waals surface area contributed by atoms with E-state index in [0.29, 0.717) is 30.1 Å². The number of imidazole rings is 1. The third-order valence-corrected chi connectivity index (χ3v) is 4.78. The zero-order chi connectivity index (χ0) is 17.7. The minimum atomic E-state index is -0.843. The number of aliphatic carboxylic acids is 1. The predicted octanol–water partition coefficient (Wildman–Crippen LogP) is 1.75. The third kappa shape index (κ3) is 2.20. The number of benzene rings is 1. The number of rotatable bonds is 3. The molecule has 5 rings (SSSR count). The molecule has 1 saturated heterocycles. The molecule has 130 valence electrons. The Balaban J connectivity index is 1.62. The smallest absolute Gasteiger partial charge is 0.326 e. The Morgan fingerprint density at radius 3 is 3.08 bits per heavy atom. The highest BCUT2D eigenvalue weighted by Gasteiger charge is 2.32. The maximum Gasteiger partial charge on any atom is 0.326 e. The SMILES string of the molecule is O=C(O)C1CCCN1c1ncc2ncn(-c3ccc4cn[nH]c4c3)c2n1. The molecule has 26 heavy (non-hydrogen) atoms. The molecule has 0 radical (unpaired) electrons. The molecule has 4 heterocycles. The summed E-state index contributed by atoms with van der Waals surface area (Å²) in [5.74, 6) is -0.420. The molecule has 1 unspecified atom stereocenters. The minimum absolute atomic E-state index is 0.423. The van der Waals surface area contributed by atoms with Crippen molar-refractivity contribution in [1.82, 2.24) is 29.7 Å². The Labute approximate surface area is 147 Å². The first kappa shape index (κ1) is 14.8. The van der Waals surface area contributed by atoms with E-state index in [-0.39, 0.29) is 0 Å². The molecule has 1 atom stereocenters. The Morgan fingerprint density at radius 2 is 2.19 bits per heavy atom. The molecule has 1 aliphatic rings. The molecule has 0 aliphatic carbocycles. The van der Waals surface area contributed by atoms with Gasteiger partial charge in [0.1, 0.15) is 17.9 Å². The molecule has 1 aliphatic heterocycles. The number of anilines is 1. The predicted molar refractivity (Wildman–Crippen MR) is 94.3 cm³/mol. The molecular formula is C17H15N7O2. The van der Waals surface area contributed by atoms with Crippen LogP contribution < -0.4 is 4.90 Å². The lowest BCUT2D eigenvalue weighted by Gasteiger charge is -2.21. The van der Waals surface area contributed by atoms with Gasteiger partial charge in [-0.05, 0) is 31.0 Å². The summed E-state index contributed by atoms with van der Waals surface area (Å²) in [6.45, 7) is 0.636. The number of hydrogen-bond acceptors (Lipinski definition) is 6. The number of hydrogen-bond donors (Lipinski definition) is 2. The number of nitrogens with zero attached hydrogens (tertiary/aromatic N) is 6. The van der Waals surface area contributed by atoms with E-state index in [1.807, 2.05) is 22.8 Å². The number of nitrogens with one attached hydrogen (secondary N) is 1. The highest BCUT2D eigenvalue weighted by molar-refractivity contribution is 5.82. The second-order valence-electron chi connectivity index (χ2n) is 6.32. The third-order valence-electron chi connectivity index (χ3n) is 4.78. The van der Waals surface area contributed by atoms with Gasteiger partial charge in [-0.2, -0.15) is 10.1 Å². The van der Waals surface area contributed by atoms with Gasteiger partial charge in [-0.25, -0.2) is 14.8 Å². The molecule has 0 bridgehead atoms. The zero-order valence-corrected chi connectivity index (χ0v) is 13.7. The molecule has 2 N–H and O–H groups in total. The summed E-state index contributed by atoms with van der Waals surface area (Å²) < 4.78 is 1.87. The van der Waals surface area contributed by atoms with Gasteiger partial charge in [-0.1, -0.05) is 0 Å². The summed E-state index contributed by atoms with van der Waals surface area (Å²) in [5.41, 5.74) is 3.11. The molecule has 3 aromatic heterocycles. The molecular weight excluding hydrogens is 334 g/mol. The molecule has 0 spiro atoms. The number of carboxylic acid groups (broad SMARTS) is 1. The van der Waals surface area contributed by atoms with Gasteiger partial charge in [-0.3, -0.25) is 9.67 Å². The number of aromatic amines is 1. The maximum atomic E-state index is 11.5. The van der Waals surface area contributed by atoms with Crippen molar-refractivity contribution in [3.8, 4) is 5.69 Å². The van der Waals surface area contributed by atoms with Gasteiger partial charge in [0.25, 0.3) is 0 Å². The number of fused-ring (bicyclic) bond motifs is 2. The van der Waals surface area contributed by atoms with E-state index in [1.54, 1.807) is 23.6 Å². The standard InChI is InChI=1S/C17H15N7O2/c25-16(26)14-2-1-5-23(14)17-18-8-13-15(21-17)24(9-19-13)11-4-3-10-7-20-22-12(10)6-11/h3-4,6-9,14H,1-2,5H2,(H,20,22)(H,25,26). The lowest BCUT2D eigenvalue weighted by atomic mass is 10.2. The van der Waals surface area contributed by atoms with Crippen molar-refractivity contribution < 1.29 is 9.90 Å². The van der Waals surface area contributed by atoms with E-state index >= 15 is 0 Å². The number of H-pyrrole nitrogens is 1. The average Bonchev–Trinajstić information content (AvgIpc) is 3.38. The molecule has 0 amide bonds. The molecule has 1 fully saturated rings. The highest BCUT2D eigenvalue weighted by atomic mass is 16.4. The summed E-state index contributed by atoms with van der Waals surface area (Å²) in [7, 11) is 0. The van der Waals surface area contributed by atoms with Crippen molar-refractivity contribution >= 4 is 34.0 Å². The van der Waals surface area contributed by atoms with Crippen LogP contribution in [0.1, 0.15) is 12.8 Å². The average molecular weight is 349 g/mol. The van der Waals surface area contributed by atoms with Crippen molar-refractivity contribution in [3.05, 3.63) is 36.9 Å². The van der Waals surface area contributed by atoms with Crippen LogP contribution in [-0.2, 0) is 4.79 Å². The van der Waals surface area contributed by atoms with Crippen LogP contribution in [-0.4, -0.2) is 53.4 Å². The van der Waals surface area contributed by atoms with Gasteiger partial charge in [0.05, 0.1) is 23.6 Å². The summed E-state index contributed by atoms with van der Waals surface area (Å²) >= 11 is 0. The second-order valence-corrected chi connectivity index (χ2v) is 6.32. The Bertz CT molecular complexity index is 1130. The normalized spacial score (nSPS) is 17.4. The van der Waals surface area contributed by atoms with Crippen LogP contribution >= 0.6 is 0 Å². The first-order chi connectivity index (χ1) is 12.7. The largest absolute Gasteiger partial charge is 0.480 e. The number of aromatic nitrogens is 6. The fourth-order valence-electron chi connectivity index (χ4n) is 3.47. The zero-order valence-electron chi connectivity index (χ0n) is 13.7. The van der Waals surface area contributed by atoms with Crippen LogP contribution in [0.15, 0.2) is 36.9 Å². The Hall–Kier alpha value is -3.49. The van der Waals surface area contributed by atoms with E-state index in [2.05, 4.69) is 25.1 Å². The summed E-state index contributed by atoms with van der Waals surface area (Å²) in [4.78, 5) is 26.5. The molecule has 9 heteroatoms. The molecule has 4 aromatic rings. The van der Waals surface area contributed by atoms with Crippen molar-refractivity contribution in [1.29, 1.82) is 0 Å². The summed E-state index contributed by atoms with van der Waals surface area (Å²) in [5, 5.41) is 17.4. The van der Waals surface area contributed by atoms with Gasteiger partial charge in [0.2, 0.25) is 5.95 Å². The van der Waals surface area contributed by atoms with E-state index in [1.165, 1.54) is 0 Å². The van der Waals surface area contributed by atoms with Crippen LogP contribution in [0.3, 0.4) is 0 Å². The van der Waals surface area contributed by atoms with E-state index in [4.69, 9.17) is 0 Å². The lowest BCUT2D eigenvalue weighted by Crippen LogP contribution is -2.37. The fraction of sp³-hybridized carbons (Fsp3) is 0.235. The van der Waals surface area contributed by atoms with Crippen molar-refractivity contribution in [3.63, 3.8) is 0 Å². The molecule has 0 saturated carbocycles. The lowest BCUT2D eigenvalue weighted by molar-refractivity contribution is -0.138. The minimum Gasteiger partial charge on any atom is -0.480 e. The first-order valence-electron chi connectivity index (χ1n) is 8.34. The van der Waals surface area contributed by atoms with Gasteiger partial charge in [0.15, 0.2) is 5.65 Å². The van der Waals surface area contributed by atoms with E-state index in [9.17, 15) is 9.90 Å². The maximum absolute atomic E-state index is 11.5. The number of carboxylic acids is 1. The van der Waals surface area contributed by atoms with Gasteiger partial charge in [0, 0.05) is 11.9 Å². The van der Waals surface area contributed by atoms with Crippen LogP contribution in [0.5, 0.6) is 0 Å². The van der Waals surface area contributed by atoms with E-state index in [0.717, 1.165) is 23.0 Å². The molecule has 1 aromatic carbocycles. The first-order valence-corrected chi connectivity index (χ1v) is 8.34. The van der Waals surface area contributed by atoms with Crippen molar-refractivity contribution in [2.75, 3.05) is 11.4 Å². The summed E-state index contributed by atoms with van der Waals surface area (Å²) in [6, 6.07) is 5.34. The Kier molecular flexibility index (Phi) is 3.14. The van der Waals surface area contributed by atoms with Gasteiger partial charge in [-0.15, -0.1) is 0 Å². The fourth-order valence-corrected chi connectivity index (χ4v) is 3.47. The van der Waals surface area contributed by atoms with Crippen molar-refractivity contribution in [2.24, 2.45) is 0 Å².